The average Bonchev–Trinajstić information content (AvgIpc) is 4.46. The quantitative estimate of drug-likeness (QED) is 0.0906. The first-order valence-electron chi connectivity index (χ1n) is 26.1. The Labute approximate surface area is 461 Å². The number of ether oxygens (including phenoxy) is 4. The number of phenolic OH excluding ortho intramolecular Hbond substituents is 2. The van der Waals surface area contributed by atoms with Crippen LogP contribution in [0.3, 0.4) is 0 Å². The molecule has 2 unspecified atom stereocenters. The molecule has 10 aromatic rings. The minimum absolute atomic E-state index is 0.0105. The highest BCUT2D eigenvalue weighted by Crippen LogP contribution is 2.43. The van der Waals surface area contributed by atoms with Crippen molar-refractivity contribution in [2.45, 2.75) is 38.1 Å². The monoisotopic (exact) mass is 1070 g/mol. The van der Waals surface area contributed by atoms with E-state index in [1.54, 1.807) is 68.0 Å². The van der Waals surface area contributed by atoms with E-state index in [1.807, 2.05) is 103 Å². The molecule has 8 aromatic carbocycles. The zero-order valence-electron chi connectivity index (χ0n) is 43.3. The number of thiophene rings is 2. The predicted molar refractivity (Wildman–Crippen MR) is 312 cm³/mol. The maximum atomic E-state index is 14.0. The minimum Gasteiger partial charge on any atom is -0.508 e. The average molecular weight is 1070 g/mol. The van der Waals surface area contributed by atoms with Crippen molar-refractivity contribution < 1.29 is 38.7 Å². The van der Waals surface area contributed by atoms with Gasteiger partial charge in [-0.05, 0) is 169 Å². The molecule has 0 spiro atoms. The fourth-order valence-electron chi connectivity index (χ4n) is 10.3. The fourth-order valence-corrected chi connectivity index (χ4v) is 12.8. The van der Waals surface area contributed by atoms with Crippen molar-refractivity contribution in [1.29, 1.82) is 0 Å². The van der Waals surface area contributed by atoms with Crippen LogP contribution < -0.4 is 18.9 Å². The number of likely N-dealkylation sites (tertiary alicyclic amines) is 2. The molecule has 10 nitrogen and oxygen atoms in total. The van der Waals surface area contributed by atoms with Gasteiger partial charge < -0.3 is 29.2 Å². The summed E-state index contributed by atoms with van der Waals surface area (Å²) in [5, 5.41) is 21.5. The lowest BCUT2D eigenvalue weighted by Gasteiger charge is -2.17. The summed E-state index contributed by atoms with van der Waals surface area (Å²) in [5.41, 5.74) is 6.94. The molecule has 12 rings (SSSR count). The number of rotatable bonds is 16. The maximum absolute atomic E-state index is 14.0. The van der Waals surface area contributed by atoms with Crippen LogP contribution in [-0.4, -0.2) is 84.2 Å². The van der Waals surface area contributed by atoms with Gasteiger partial charge in [0, 0.05) is 91.4 Å². The van der Waals surface area contributed by atoms with E-state index in [0.717, 1.165) is 116 Å². The first-order chi connectivity index (χ1) is 38.1. The van der Waals surface area contributed by atoms with Crippen LogP contribution in [-0.2, 0) is 13.1 Å². The highest BCUT2D eigenvalue weighted by Gasteiger charge is 2.28. The van der Waals surface area contributed by atoms with Crippen molar-refractivity contribution in [3.05, 3.63) is 228 Å². The Morgan fingerprint density at radius 2 is 0.885 bits per heavy atom. The number of phenols is 2. The third kappa shape index (κ3) is 11.8. The fraction of sp³-hybridized carbons (Fsp3) is 0.182. The lowest BCUT2D eigenvalue weighted by atomic mass is 9.97. The number of benzene rings is 8. The number of hydrogen-bond acceptors (Lipinski definition) is 12. The Balaban J connectivity index is 0.000000166. The standard InChI is InChI=1S/C34H31NO4S.C32H27NO4S/c1-37-26-12-10-25(11-13-26)34-32(30-17-16-28(38-2)20-31(30)40-34)33(36)24-8-14-27(15-9-24)39-29-18-19-35(22-29)21-23-6-4-3-5-7-23;34-24-10-6-23(7-11-24)32-30(28-15-12-25(35)18-29(28)38-32)31(36)22-8-13-26(14-9-22)37-27-16-17-33(20-27)19-21-4-2-1-3-5-21/h3-17,20,29H,18-19,21-22H2,1-2H3;1-15,18,27,34-35H,16-17,19-20H2. The first kappa shape index (κ1) is 51.8. The minimum atomic E-state index is -0.0912. The zero-order valence-corrected chi connectivity index (χ0v) is 45.0. The van der Waals surface area contributed by atoms with Gasteiger partial charge in [-0.3, -0.25) is 19.4 Å². The molecule has 2 aliphatic heterocycles. The van der Waals surface area contributed by atoms with E-state index in [4.69, 9.17) is 18.9 Å². The number of fused-ring (bicyclic) bond motifs is 2. The highest BCUT2D eigenvalue weighted by atomic mass is 32.1. The van der Waals surface area contributed by atoms with Crippen LogP contribution in [0.5, 0.6) is 34.5 Å². The molecule has 2 N–H and O–H groups in total. The number of carbonyl (C=O) groups is 2. The number of aromatic hydroxyl groups is 2. The SMILES string of the molecule is COc1ccc(-c2sc3cc(OC)ccc3c2C(=O)c2ccc(OC3CCN(Cc4ccccc4)C3)cc2)cc1.O=C(c1ccc(OC2CCN(Cc3ccccc3)C2)cc1)c1c(-c2ccc(O)cc2)sc2cc(O)ccc12. The first-order valence-corrected chi connectivity index (χ1v) is 27.7. The van der Waals surface area contributed by atoms with Crippen LogP contribution >= 0.6 is 22.7 Å². The molecular formula is C66H58N2O8S2. The molecule has 392 valence electrons. The van der Waals surface area contributed by atoms with Crippen LogP contribution in [0, 0.1) is 0 Å². The maximum Gasteiger partial charge on any atom is 0.195 e. The molecule has 2 fully saturated rings. The Bertz CT molecular complexity index is 3680. The molecule has 2 aromatic heterocycles. The molecule has 0 amide bonds. The van der Waals surface area contributed by atoms with Crippen LogP contribution in [0.4, 0.5) is 0 Å². The van der Waals surface area contributed by atoms with E-state index < -0.39 is 0 Å². The third-order valence-electron chi connectivity index (χ3n) is 14.3. The van der Waals surface area contributed by atoms with Crippen molar-refractivity contribution in [2.75, 3.05) is 40.4 Å². The molecule has 0 bridgehead atoms. The van der Waals surface area contributed by atoms with Crippen LogP contribution in [0.25, 0.3) is 41.1 Å². The molecule has 0 radical (unpaired) electrons. The highest BCUT2D eigenvalue weighted by molar-refractivity contribution is 7.23. The Morgan fingerprint density at radius 1 is 0.474 bits per heavy atom. The Morgan fingerprint density at radius 3 is 1.36 bits per heavy atom. The number of ketones is 2. The van der Waals surface area contributed by atoms with Gasteiger partial charge in [-0.1, -0.05) is 60.7 Å². The normalized spacial score (nSPS) is 15.5. The number of carbonyl (C=O) groups excluding carboxylic acids is 2. The zero-order chi connectivity index (χ0) is 53.5. The summed E-state index contributed by atoms with van der Waals surface area (Å²) in [4.78, 5) is 34.3. The molecule has 0 saturated carbocycles. The number of methoxy groups -OCH3 is 2. The number of hydrogen-bond donors (Lipinski definition) is 2. The summed E-state index contributed by atoms with van der Waals surface area (Å²) >= 11 is 3.05. The molecule has 0 aliphatic carbocycles. The third-order valence-corrected chi connectivity index (χ3v) is 16.7. The molecule has 2 atom stereocenters. The topological polar surface area (TPSA) is 118 Å². The summed E-state index contributed by atoms with van der Waals surface area (Å²) in [7, 11) is 3.30. The summed E-state index contributed by atoms with van der Waals surface area (Å²) in [6, 6.07) is 61.6. The summed E-state index contributed by atoms with van der Waals surface area (Å²) in [5.74, 6) is 3.32. The van der Waals surface area contributed by atoms with E-state index >= 15 is 0 Å². The van der Waals surface area contributed by atoms with Crippen molar-refractivity contribution in [2.24, 2.45) is 0 Å². The molecule has 78 heavy (non-hydrogen) atoms. The van der Waals surface area contributed by atoms with Gasteiger partial charge in [0.25, 0.3) is 0 Å². The summed E-state index contributed by atoms with van der Waals surface area (Å²) < 4.78 is 25.2. The summed E-state index contributed by atoms with van der Waals surface area (Å²) in [6.45, 7) is 5.64. The largest absolute Gasteiger partial charge is 0.508 e. The second kappa shape index (κ2) is 23.5. The van der Waals surface area contributed by atoms with Crippen LogP contribution in [0.2, 0.25) is 0 Å². The van der Waals surface area contributed by atoms with Crippen molar-refractivity contribution in [1.82, 2.24) is 9.80 Å². The van der Waals surface area contributed by atoms with Gasteiger partial charge >= 0.3 is 0 Å². The predicted octanol–water partition coefficient (Wildman–Crippen LogP) is 14.3. The van der Waals surface area contributed by atoms with E-state index in [1.165, 1.54) is 22.5 Å². The van der Waals surface area contributed by atoms with Gasteiger partial charge in [0.2, 0.25) is 0 Å². The molecule has 2 saturated heterocycles. The molecule has 4 heterocycles. The lowest BCUT2D eigenvalue weighted by Crippen LogP contribution is -2.24. The van der Waals surface area contributed by atoms with Gasteiger partial charge in [-0.25, -0.2) is 0 Å². The van der Waals surface area contributed by atoms with E-state index in [2.05, 4.69) is 58.3 Å². The van der Waals surface area contributed by atoms with Crippen LogP contribution in [0.15, 0.2) is 194 Å². The Kier molecular flexibility index (Phi) is 15.6. The smallest absolute Gasteiger partial charge is 0.195 e. The van der Waals surface area contributed by atoms with Gasteiger partial charge in [0.05, 0.1) is 14.2 Å². The molecule has 12 heteroatoms. The second-order valence-corrected chi connectivity index (χ2v) is 21.7. The van der Waals surface area contributed by atoms with E-state index in [0.29, 0.717) is 22.3 Å². The van der Waals surface area contributed by atoms with E-state index in [-0.39, 0.29) is 35.3 Å². The van der Waals surface area contributed by atoms with Gasteiger partial charge in [-0.15, -0.1) is 22.7 Å². The van der Waals surface area contributed by atoms with Crippen molar-refractivity contribution in [3.63, 3.8) is 0 Å². The van der Waals surface area contributed by atoms with Gasteiger partial charge in [0.15, 0.2) is 11.6 Å². The van der Waals surface area contributed by atoms with Crippen molar-refractivity contribution >= 4 is 54.4 Å². The van der Waals surface area contributed by atoms with Crippen LogP contribution in [0.1, 0.15) is 55.8 Å². The Hall–Kier alpha value is -8.26. The number of nitrogens with zero attached hydrogens (tertiary/aromatic N) is 2. The van der Waals surface area contributed by atoms with Crippen molar-refractivity contribution in [3.8, 4) is 55.4 Å². The van der Waals surface area contributed by atoms with E-state index in [9.17, 15) is 19.8 Å². The second-order valence-electron chi connectivity index (χ2n) is 19.6. The lowest BCUT2D eigenvalue weighted by molar-refractivity contribution is 0.103. The van der Waals surface area contributed by atoms with Gasteiger partial charge in [0.1, 0.15) is 46.7 Å². The molecular weight excluding hydrogens is 1010 g/mol. The molecule has 2 aliphatic rings. The summed E-state index contributed by atoms with van der Waals surface area (Å²) in [6.07, 6.45) is 2.22. The van der Waals surface area contributed by atoms with Gasteiger partial charge in [-0.2, -0.15) is 0 Å².